The van der Waals surface area contributed by atoms with Crippen LogP contribution in [-0.2, 0) is 52.6 Å². The Hall–Kier alpha value is -3.80. The first-order chi connectivity index (χ1) is 32.7. The van der Waals surface area contributed by atoms with Crippen molar-refractivity contribution in [1.82, 2.24) is 36.8 Å². The number of thioether (sulfide) groups is 3. The van der Waals surface area contributed by atoms with Crippen LogP contribution in [0.5, 0.6) is 0 Å². The zero-order chi connectivity index (χ0) is 50.2. The molecule has 0 bridgehead atoms. The highest BCUT2D eigenvalue weighted by Crippen LogP contribution is 2.25. The van der Waals surface area contributed by atoms with E-state index in [0.717, 1.165) is 0 Å². The summed E-state index contributed by atoms with van der Waals surface area (Å²) in [6.45, 7) is 0.573. The van der Waals surface area contributed by atoms with Crippen LogP contribution in [0.15, 0.2) is 0 Å². The van der Waals surface area contributed by atoms with Crippen LogP contribution in [-0.4, -0.2) is 181 Å². The van der Waals surface area contributed by atoms with Crippen molar-refractivity contribution in [3.05, 3.63) is 0 Å². The van der Waals surface area contributed by atoms with Gasteiger partial charge in [0.25, 0.3) is 0 Å². The number of amides is 7. The second-order valence-electron chi connectivity index (χ2n) is 16.5. The van der Waals surface area contributed by atoms with E-state index in [4.69, 9.17) is 9.47 Å². The highest BCUT2D eigenvalue weighted by molar-refractivity contribution is 8.00. The fourth-order valence-electron chi connectivity index (χ4n) is 7.06. The molecular formula is C45H79N7O13S3. The topological polar surface area (TPSA) is 288 Å². The van der Waals surface area contributed by atoms with Crippen LogP contribution in [0, 0.1) is 0 Å². The number of carboxylic acid groups (broad SMARTS) is 2. The molecule has 2 atom stereocenters. The Morgan fingerprint density at radius 1 is 0.544 bits per heavy atom. The zero-order valence-electron chi connectivity index (χ0n) is 40.2. The first-order valence-corrected chi connectivity index (χ1v) is 27.7. The van der Waals surface area contributed by atoms with Gasteiger partial charge in [0.1, 0.15) is 18.7 Å². The molecule has 0 aromatic heterocycles. The van der Waals surface area contributed by atoms with Crippen LogP contribution in [0.1, 0.15) is 116 Å². The van der Waals surface area contributed by atoms with E-state index in [1.807, 2.05) is 0 Å². The predicted octanol–water partition coefficient (Wildman–Crippen LogP) is 2.32. The molecular weight excluding hydrogens is 943 g/mol. The Labute approximate surface area is 414 Å². The zero-order valence-corrected chi connectivity index (χ0v) is 42.7. The standard InChI is InChI=1S/C45H79N7O13S3/c1-66-31-40(56)47-22-25-52(26-23-48-41(57)32-67-2)44(61)35(18-20-43(59)60)50-38(54)19-17-36(45(62)63)51-39(55)30-65-29-28-64-27-24-49-37(53)16-13-21-46-42(58)33-68-34-14-11-9-7-5-3-4-6-8-10-12-15-34/h34-36H,3-33H2,1-2H3,(H,46,58)(H,47,56)(H,48,57)(H,49,53)(H,50,54)(H,51,55)(H,59,60)(H,62,63)/t35-,36-/m0/s1. The minimum atomic E-state index is -1.49. The Bertz CT molecular complexity index is 1480. The molecule has 390 valence electrons. The van der Waals surface area contributed by atoms with E-state index in [-0.39, 0.29) is 107 Å². The lowest BCUT2D eigenvalue weighted by atomic mass is 10.1. The van der Waals surface area contributed by atoms with Gasteiger partial charge >= 0.3 is 11.9 Å². The summed E-state index contributed by atoms with van der Waals surface area (Å²) in [5.41, 5.74) is 0. The third kappa shape index (κ3) is 34.5. The van der Waals surface area contributed by atoms with Crippen LogP contribution in [0.2, 0.25) is 0 Å². The summed E-state index contributed by atoms with van der Waals surface area (Å²) in [6, 6.07) is -2.80. The van der Waals surface area contributed by atoms with E-state index in [2.05, 4.69) is 31.9 Å². The van der Waals surface area contributed by atoms with Crippen LogP contribution in [0.4, 0.5) is 0 Å². The molecule has 0 aromatic rings. The molecule has 1 aliphatic rings. The van der Waals surface area contributed by atoms with Gasteiger partial charge in [0.2, 0.25) is 41.4 Å². The van der Waals surface area contributed by atoms with Gasteiger partial charge in [-0.05, 0) is 44.6 Å². The van der Waals surface area contributed by atoms with Crippen molar-refractivity contribution in [3.63, 3.8) is 0 Å². The average Bonchev–Trinajstić information content (AvgIpc) is 3.32. The van der Waals surface area contributed by atoms with Crippen molar-refractivity contribution < 1.29 is 62.8 Å². The van der Waals surface area contributed by atoms with E-state index in [1.54, 1.807) is 24.3 Å². The number of hydrogen-bond donors (Lipinski definition) is 8. The number of nitrogens with one attached hydrogen (secondary N) is 6. The van der Waals surface area contributed by atoms with Gasteiger partial charge in [0.15, 0.2) is 0 Å². The van der Waals surface area contributed by atoms with Gasteiger partial charge in [0, 0.05) is 63.8 Å². The van der Waals surface area contributed by atoms with Crippen molar-refractivity contribution in [1.29, 1.82) is 0 Å². The monoisotopic (exact) mass is 1020 g/mol. The molecule has 0 unspecified atom stereocenters. The van der Waals surface area contributed by atoms with Crippen molar-refractivity contribution in [2.75, 3.05) is 95.5 Å². The Morgan fingerprint density at radius 3 is 1.60 bits per heavy atom. The molecule has 1 fully saturated rings. The number of ether oxygens (including phenoxy) is 2. The Kier molecular flexibility index (Phi) is 37.5. The highest BCUT2D eigenvalue weighted by atomic mass is 32.2. The number of aliphatic carboxylic acids is 2. The number of nitrogens with zero attached hydrogens (tertiary/aromatic N) is 1. The van der Waals surface area contributed by atoms with Gasteiger partial charge in [0.05, 0.1) is 37.1 Å². The Balaban J connectivity index is 2.40. The Morgan fingerprint density at radius 2 is 1.04 bits per heavy atom. The molecule has 23 heteroatoms. The molecule has 1 saturated carbocycles. The van der Waals surface area contributed by atoms with Crippen molar-refractivity contribution in [2.24, 2.45) is 0 Å². The maximum Gasteiger partial charge on any atom is 0.326 e. The maximum atomic E-state index is 13.6. The lowest BCUT2D eigenvalue weighted by Crippen LogP contribution is -2.52. The number of carbonyl (C=O) groups is 9. The van der Waals surface area contributed by atoms with Crippen LogP contribution in [0.3, 0.4) is 0 Å². The van der Waals surface area contributed by atoms with Gasteiger partial charge in [-0.1, -0.05) is 64.2 Å². The van der Waals surface area contributed by atoms with E-state index in [9.17, 15) is 53.4 Å². The largest absolute Gasteiger partial charge is 0.481 e. The van der Waals surface area contributed by atoms with Gasteiger partial charge in [-0.2, -0.15) is 23.5 Å². The molecule has 20 nitrogen and oxygen atoms in total. The molecule has 0 heterocycles. The molecule has 1 rings (SSSR count). The molecule has 0 aromatic carbocycles. The summed E-state index contributed by atoms with van der Waals surface area (Å²) in [4.78, 5) is 112. The normalized spacial score (nSPS) is 14.6. The first kappa shape index (κ1) is 62.2. The van der Waals surface area contributed by atoms with Crippen LogP contribution >= 0.6 is 35.3 Å². The molecule has 68 heavy (non-hydrogen) atoms. The van der Waals surface area contributed by atoms with Crippen molar-refractivity contribution in [2.45, 2.75) is 133 Å². The third-order valence-electron chi connectivity index (χ3n) is 10.7. The average molecular weight is 1020 g/mol. The highest BCUT2D eigenvalue weighted by Gasteiger charge is 2.28. The summed E-state index contributed by atoms with van der Waals surface area (Å²) >= 11 is 4.38. The SMILES string of the molecule is CSCC(=O)NCCN(CCNC(=O)CSC)C(=O)[C@H](CCC(=O)O)NC(=O)CC[C@H](NC(=O)COCCOCCNC(=O)CCCNC(=O)CSC1CCCCCCCCCCCC1)C(=O)O. The summed E-state index contributed by atoms with van der Waals surface area (Å²) in [5, 5.41) is 35.4. The minimum absolute atomic E-state index is 0.000139. The fourth-order valence-corrected chi connectivity index (χ4v) is 8.95. The van der Waals surface area contributed by atoms with Crippen LogP contribution < -0.4 is 31.9 Å². The number of rotatable bonds is 35. The second kappa shape index (κ2) is 41.0. The molecule has 0 spiro atoms. The lowest BCUT2D eigenvalue weighted by Gasteiger charge is -2.28. The van der Waals surface area contributed by atoms with Gasteiger partial charge < -0.3 is 56.5 Å². The summed E-state index contributed by atoms with van der Waals surface area (Å²) in [6.07, 6.45) is 18.0. The molecule has 0 radical (unpaired) electrons. The molecule has 0 aliphatic heterocycles. The molecule has 0 saturated heterocycles. The molecule has 7 amide bonds. The number of hydrogen-bond acceptors (Lipinski definition) is 14. The minimum Gasteiger partial charge on any atom is -0.481 e. The quantitative estimate of drug-likeness (QED) is 0.0423. The summed E-state index contributed by atoms with van der Waals surface area (Å²) in [7, 11) is 0. The summed E-state index contributed by atoms with van der Waals surface area (Å²) in [5.74, 6) is -4.67. The van der Waals surface area contributed by atoms with Crippen molar-refractivity contribution >= 4 is 88.6 Å². The number of carboxylic acids is 2. The second-order valence-corrected chi connectivity index (χ2v) is 19.5. The third-order valence-corrected chi connectivity index (χ3v) is 13.1. The smallest absolute Gasteiger partial charge is 0.326 e. The van der Waals surface area contributed by atoms with E-state index >= 15 is 0 Å². The van der Waals surface area contributed by atoms with E-state index in [0.29, 0.717) is 24.0 Å². The number of carbonyl (C=O) groups excluding carboxylic acids is 7. The van der Waals surface area contributed by atoms with E-state index < -0.39 is 61.2 Å². The maximum absolute atomic E-state index is 13.6. The molecule has 8 N–H and O–H groups in total. The lowest BCUT2D eigenvalue weighted by molar-refractivity contribution is -0.143. The van der Waals surface area contributed by atoms with E-state index in [1.165, 1.54) is 105 Å². The van der Waals surface area contributed by atoms with Crippen molar-refractivity contribution in [3.8, 4) is 0 Å². The molecule has 1 aliphatic carbocycles. The fraction of sp³-hybridized carbons (Fsp3) is 0.800. The van der Waals surface area contributed by atoms with Gasteiger partial charge in [-0.15, -0.1) is 11.8 Å². The summed E-state index contributed by atoms with van der Waals surface area (Å²) < 4.78 is 10.7. The van der Waals surface area contributed by atoms with Gasteiger partial charge in [-0.3, -0.25) is 38.4 Å². The first-order valence-electron chi connectivity index (χ1n) is 23.9. The van der Waals surface area contributed by atoms with Crippen LogP contribution in [0.25, 0.3) is 0 Å². The predicted molar refractivity (Wildman–Crippen MR) is 266 cm³/mol. The van der Waals surface area contributed by atoms with Gasteiger partial charge in [-0.25, -0.2) is 4.79 Å².